The smallest absolute Gasteiger partial charge is 0.241 e. The minimum atomic E-state index is -0.154. The van der Waals surface area contributed by atoms with Crippen molar-refractivity contribution in [3.8, 4) is 5.75 Å². The third-order valence-corrected chi connectivity index (χ3v) is 4.23. The van der Waals surface area contributed by atoms with Crippen molar-refractivity contribution < 1.29 is 14.3 Å². The quantitative estimate of drug-likeness (QED) is 0.917. The molecule has 3 unspecified atom stereocenters. The van der Waals surface area contributed by atoms with Crippen molar-refractivity contribution in [2.75, 3.05) is 20.3 Å². The highest BCUT2D eigenvalue weighted by atomic mass is 16.5. The van der Waals surface area contributed by atoms with Crippen molar-refractivity contribution in [3.63, 3.8) is 0 Å². The molecule has 2 fully saturated rings. The van der Waals surface area contributed by atoms with E-state index in [0.717, 1.165) is 30.8 Å². The summed E-state index contributed by atoms with van der Waals surface area (Å²) in [7, 11) is 1.65. The van der Waals surface area contributed by atoms with E-state index >= 15 is 0 Å². The molecule has 114 valence electrons. The van der Waals surface area contributed by atoms with E-state index in [9.17, 15) is 4.79 Å². The van der Waals surface area contributed by atoms with E-state index in [0.29, 0.717) is 6.54 Å². The summed E-state index contributed by atoms with van der Waals surface area (Å²) in [6, 6.07) is 7.71. The Bertz CT molecular complexity index is 497. The molecule has 3 rings (SSSR count). The molecule has 0 aliphatic carbocycles. The molecule has 1 aromatic carbocycles. The van der Waals surface area contributed by atoms with Gasteiger partial charge in [-0.15, -0.1) is 0 Å². The van der Waals surface area contributed by atoms with Gasteiger partial charge in [0.15, 0.2) is 0 Å². The van der Waals surface area contributed by atoms with Crippen LogP contribution in [-0.4, -0.2) is 43.2 Å². The van der Waals surface area contributed by atoms with E-state index in [1.54, 1.807) is 7.11 Å². The largest absolute Gasteiger partial charge is 0.497 e. The number of hydrogen-bond acceptors (Lipinski definition) is 4. The maximum atomic E-state index is 12.4. The van der Waals surface area contributed by atoms with Crippen LogP contribution in [0.5, 0.6) is 5.75 Å². The number of nitrogens with one attached hydrogen (secondary N) is 1. The van der Waals surface area contributed by atoms with Crippen molar-refractivity contribution in [2.24, 2.45) is 0 Å². The number of nitrogens with zero attached hydrogens (tertiary/aromatic N) is 1. The van der Waals surface area contributed by atoms with Gasteiger partial charge in [-0.25, -0.2) is 0 Å². The molecule has 5 nitrogen and oxygen atoms in total. The normalized spacial score (nSPS) is 29.1. The molecule has 1 aromatic rings. The van der Waals surface area contributed by atoms with Gasteiger partial charge < -0.3 is 14.4 Å². The molecule has 0 spiro atoms. The second-order valence-corrected chi connectivity index (χ2v) is 5.69. The zero-order valence-corrected chi connectivity index (χ0v) is 12.5. The second-order valence-electron chi connectivity index (χ2n) is 5.69. The summed E-state index contributed by atoms with van der Waals surface area (Å²) in [4.78, 5) is 14.3. The fourth-order valence-electron chi connectivity index (χ4n) is 3.04. The highest BCUT2D eigenvalue weighted by Crippen LogP contribution is 2.28. The Morgan fingerprint density at radius 1 is 1.38 bits per heavy atom. The first-order chi connectivity index (χ1) is 10.2. The van der Waals surface area contributed by atoms with Crippen LogP contribution in [0, 0.1) is 0 Å². The fourth-order valence-corrected chi connectivity index (χ4v) is 3.04. The Balaban J connectivity index is 1.78. The minimum absolute atomic E-state index is 0.0809. The Morgan fingerprint density at radius 2 is 2.14 bits per heavy atom. The summed E-state index contributed by atoms with van der Waals surface area (Å²) >= 11 is 0. The van der Waals surface area contributed by atoms with Crippen LogP contribution in [0.3, 0.4) is 0 Å². The molecule has 0 aromatic heterocycles. The molecule has 5 heteroatoms. The number of carbonyl (C=O) groups is 1. The van der Waals surface area contributed by atoms with Crippen molar-refractivity contribution in [2.45, 2.75) is 38.1 Å². The second kappa shape index (κ2) is 6.03. The lowest BCUT2D eigenvalue weighted by atomic mass is 10.1. The third kappa shape index (κ3) is 2.89. The lowest BCUT2D eigenvalue weighted by Crippen LogP contribution is -2.37. The zero-order valence-electron chi connectivity index (χ0n) is 12.5. The predicted molar refractivity (Wildman–Crippen MR) is 79.0 cm³/mol. The van der Waals surface area contributed by atoms with Crippen LogP contribution >= 0.6 is 0 Å². The van der Waals surface area contributed by atoms with Crippen LogP contribution in [0.1, 0.15) is 31.5 Å². The first kappa shape index (κ1) is 14.4. The summed E-state index contributed by atoms with van der Waals surface area (Å²) in [6.07, 6.45) is 2.21. The summed E-state index contributed by atoms with van der Waals surface area (Å²) in [5, 5.41) is 3.36. The van der Waals surface area contributed by atoms with E-state index in [1.807, 2.05) is 36.1 Å². The lowest BCUT2D eigenvalue weighted by molar-refractivity contribution is -0.131. The molecule has 0 saturated carbocycles. The average molecular weight is 290 g/mol. The molecule has 2 aliphatic rings. The van der Waals surface area contributed by atoms with Crippen LogP contribution < -0.4 is 10.1 Å². The first-order valence-corrected chi connectivity index (χ1v) is 7.51. The highest BCUT2D eigenvalue weighted by Gasteiger charge is 2.38. The number of rotatable bonds is 4. The number of carbonyl (C=O) groups excluding carboxylic acids is 1. The Kier molecular flexibility index (Phi) is 4.12. The van der Waals surface area contributed by atoms with Gasteiger partial charge in [-0.05, 0) is 37.5 Å². The van der Waals surface area contributed by atoms with Gasteiger partial charge in [0.1, 0.15) is 11.9 Å². The Morgan fingerprint density at radius 3 is 2.76 bits per heavy atom. The van der Waals surface area contributed by atoms with Gasteiger partial charge in [0.25, 0.3) is 0 Å². The minimum Gasteiger partial charge on any atom is -0.497 e. The summed E-state index contributed by atoms with van der Waals surface area (Å²) in [5.41, 5.74) is 1.08. The van der Waals surface area contributed by atoms with Crippen molar-refractivity contribution in [1.82, 2.24) is 10.2 Å². The van der Waals surface area contributed by atoms with Gasteiger partial charge in [-0.3, -0.25) is 10.1 Å². The predicted octanol–water partition coefficient (Wildman–Crippen LogP) is 1.69. The summed E-state index contributed by atoms with van der Waals surface area (Å²) in [5.74, 6) is 0.966. The highest BCUT2D eigenvalue weighted by molar-refractivity contribution is 5.84. The van der Waals surface area contributed by atoms with E-state index in [1.165, 1.54) is 0 Å². The van der Waals surface area contributed by atoms with Crippen LogP contribution in [0.2, 0.25) is 0 Å². The maximum Gasteiger partial charge on any atom is 0.241 e. The molecule has 0 radical (unpaired) electrons. The molecule has 2 heterocycles. The van der Waals surface area contributed by atoms with E-state index in [-0.39, 0.29) is 24.2 Å². The van der Waals surface area contributed by atoms with E-state index in [2.05, 4.69) is 5.32 Å². The SMILES string of the molecule is COc1ccc(C2NC(C)C(=O)N2CC2CCCO2)cc1. The van der Waals surface area contributed by atoms with Gasteiger partial charge >= 0.3 is 0 Å². The first-order valence-electron chi connectivity index (χ1n) is 7.51. The zero-order chi connectivity index (χ0) is 14.8. The van der Waals surface area contributed by atoms with Crippen molar-refractivity contribution in [1.29, 1.82) is 0 Å². The molecule has 3 atom stereocenters. The molecule has 2 aliphatic heterocycles. The molecule has 2 saturated heterocycles. The fraction of sp³-hybridized carbons (Fsp3) is 0.562. The standard InChI is InChI=1S/C16H22N2O3/c1-11-16(19)18(10-14-4-3-9-21-14)15(17-11)12-5-7-13(20-2)8-6-12/h5-8,11,14-15,17H,3-4,9-10H2,1-2H3. The Hall–Kier alpha value is -1.59. The Labute approximate surface area is 125 Å². The van der Waals surface area contributed by atoms with Gasteiger partial charge in [0, 0.05) is 13.2 Å². The number of amides is 1. The lowest BCUT2D eigenvalue weighted by Gasteiger charge is -2.27. The van der Waals surface area contributed by atoms with Crippen LogP contribution in [0.15, 0.2) is 24.3 Å². The average Bonchev–Trinajstić information content (AvgIpc) is 3.11. The number of benzene rings is 1. The topological polar surface area (TPSA) is 50.8 Å². The monoisotopic (exact) mass is 290 g/mol. The van der Waals surface area contributed by atoms with E-state index in [4.69, 9.17) is 9.47 Å². The molecule has 1 amide bonds. The van der Waals surface area contributed by atoms with Crippen molar-refractivity contribution >= 4 is 5.91 Å². The van der Waals surface area contributed by atoms with Crippen LogP contribution in [0.25, 0.3) is 0 Å². The maximum absolute atomic E-state index is 12.4. The van der Waals surface area contributed by atoms with Gasteiger partial charge in [-0.2, -0.15) is 0 Å². The van der Waals surface area contributed by atoms with E-state index < -0.39 is 0 Å². The van der Waals surface area contributed by atoms with Gasteiger partial charge in [-0.1, -0.05) is 12.1 Å². The molecule has 21 heavy (non-hydrogen) atoms. The summed E-state index contributed by atoms with van der Waals surface area (Å²) < 4.78 is 10.9. The number of ether oxygens (including phenoxy) is 2. The van der Waals surface area contributed by atoms with Gasteiger partial charge in [0.2, 0.25) is 5.91 Å². The van der Waals surface area contributed by atoms with Crippen molar-refractivity contribution in [3.05, 3.63) is 29.8 Å². The van der Waals surface area contributed by atoms with Gasteiger partial charge in [0.05, 0.1) is 19.3 Å². The van der Waals surface area contributed by atoms with Crippen LogP contribution in [-0.2, 0) is 9.53 Å². The molecular weight excluding hydrogens is 268 g/mol. The van der Waals surface area contributed by atoms with Crippen LogP contribution in [0.4, 0.5) is 0 Å². The molecule has 1 N–H and O–H groups in total. The molecular formula is C16H22N2O3. The third-order valence-electron chi connectivity index (χ3n) is 4.23. The number of hydrogen-bond donors (Lipinski definition) is 1. The molecule has 0 bridgehead atoms. The number of methoxy groups -OCH3 is 1. The summed E-state index contributed by atoms with van der Waals surface area (Å²) in [6.45, 7) is 3.38.